The predicted octanol–water partition coefficient (Wildman–Crippen LogP) is 4.14. The molecule has 5 nitrogen and oxygen atoms in total. The molecule has 28 heavy (non-hydrogen) atoms. The summed E-state index contributed by atoms with van der Waals surface area (Å²) in [6.07, 6.45) is 0.790. The lowest BCUT2D eigenvalue weighted by atomic mass is 10.2. The highest BCUT2D eigenvalue weighted by atomic mass is 32.1. The number of phenols is 1. The second-order valence-corrected chi connectivity index (χ2v) is 6.48. The Morgan fingerprint density at radius 1 is 0.964 bits per heavy atom. The van der Waals surface area contributed by atoms with E-state index in [9.17, 15) is 9.90 Å². The second kappa shape index (κ2) is 9.53. The third-order valence-corrected chi connectivity index (χ3v) is 4.15. The molecule has 142 valence electrons. The van der Waals surface area contributed by atoms with Gasteiger partial charge in [0.2, 0.25) is 0 Å². The Morgan fingerprint density at radius 3 is 2.46 bits per heavy atom. The van der Waals surface area contributed by atoms with Crippen molar-refractivity contribution in [3.63, 3.8) is 0 Å². The average Bonchev–Trinajstić information content (AvgIpc) is 2.71. The van der Waals surface area contributed by atoms with E-state index in [-0.39, 0.29) is 16.8 Å². The van der Waals surface area contributed by atoms with Crippen molar-refractivity contribution >= 4 is 28.9 Å². The standard InChI is InChI=1S/C22H20N2O3S/c25-19-11-9-18(10-12-19)23-22(28)24-21(26)17-7-4-8-20(15-17)27-14-13-16-5-2-1-3-6-16/h1-12,15,25H,13-14H2,(H2,23,24,26,28). The molecular weight excluding hydrogens is 372 g/mol. The fourth-order valence-electron chi connectivity index (χ4n) is 2.54. The number of phenolic OH excluding ortho intramolecular Hbond substituents is 1. The van der Waals surface area contributed by atoms with Crippen molar-refractivity contribution in [3.8, 4) is 11.5 Å². The van der Waals surface area contributed by atoms with Crippen LogP contribution in [0.3, 0.4) is 0 Å². The molecule has 0 aliphatic heterocycles. The lowest BCUT2D eigenvalue weighted by molar-refractivity contribution is 0.0977. The molecule has 0 aliphatic carbocycles. The van der Waals surface area contributed by atoms with E-state index in [1.54, 1.807) is 30.3 Å². The monoisotopic (exact) mass is 392 g/mol. The molecule has 3 rings (SSSR count). The van der Waals surface area contributed by atoms with Gasteiger partial charge in [0.15, 0.2) is 5.11 Å². The SMILES string of the molecule is O=C(NC(=S)Nc1ccc(O)cc1)c1cccc(OCCc2ccccc2)c1. The van der Waals surface area contributed by atoms with Crippen LogP contribution in [0, 0.1) is 0 Å². The summed E-state index contributed by atoms with van der Waals surface area (Å²) >= 11 is 5.17. The number of hydrogen-bond acceptors (Lipinski definition) is 4. The summed E-state index contributed by atoms with van der Waals surface area (Å²) < 4.78 is 5.76. The van der Waals surface area contributed by atoms with Crippen LogP contribution in [0.2, 0.25) is 0 Å². The van der Waals surface area contributed by atoms with Gasteiger partial charge >= 0.3 is 0 Å². The number of benzene rings is 3. The molecule has 0 aliphatic rings. The summed E-state index contributed by atoms with van der Waals surface area (Å²) in [7, 11) is 0. The lowest BCUT2D eigenvalue weighted by Gasteiger charge is -2.11. The van der Waals surface area contributed by atoms with Crippen LogP contribution < -0.4 is 15.4 Å². The summed E-state index contributed by atoms with van der Waals surface area (Å²) in [5.41, 5.74) is 2.32. The summed E-state index contributed by atoms with van der Waals surface area (Å²) in [6, 6.07) is 23.4. The molecule has 0 radical (unpaired) electrons. The topological polar surface area (TPSA) is 70.6 Å². The normalized spacial score (nSPS) is 10.1. The molecule has 0 bridgehead atoms. The van der Waals surface area contributed by atoms with Crippen LogP contribution in [0.5, 0.6) is 11.5 Å². The van der Waals surface area contributed by atoms with Gasteiger partial charge in [-0.3, -0.25) is 10.1 Å². The fourth-order valence-corrected chi connectivity index (χ4v) is 2.75. The molecule has 1 amide bonds. The summed E-state index contributed by atoms with van der Waals surface area (Å²) in [5, 5.41) is 15.0. The lowest BCUT2D eigenvalue weighted by Crippen LogP contribution is -2.34. The van der Waals surface area contributed by atoms with Crippen LogP contribution in [-0.4, -0.2) is 22.7 Å². The molecule has 0 atom stereocenters. The smallest absolute Gasteiger partial charge is 0.257 e. The Balaban J connectivity index is 1.52. The van der Waals surface area contributed by atoms with E-state index in [4.69, 9.17) is 17.0 Å². The van der Waals surface area contributed by atoms with Gasteiger partial charge in [0.1, 0.15) is 11.5 Å². The van der Waals surface area contributed by atoms with E-state index in [1.807, 2.05) is 24.3 Å². The zero-order valence-electron chi connectivity index (χ0n) is 15.1. The Bertz CT molecular complexity index is 944. The van der Waals surface area contributed by atoms with Crippen molar-refractivity contribution in [3.05, 3.63) is 90.0 Å². The first-order valence-electron chi connectivity index (χ1n) is 8.78. The van der Waals surface area contributed by atoms with E-state index in [2.05, 4.69) is 22.8 Å². The van der Waals surface area contributed by atoms with Crippen LogP contribution >= 0.6 is 12.2 Å². The first-order chi connectivity index (χ1) is 13.6. The average molecular weight is 392 g/mol. The first kappa shape index (κ1) is 19.4. The van der Waals surface area contributed by atoms with Crippen LogP contribution in [-0.2, 0) is 6.42 Å². The van der Waals surface area contributed by atoms with Crippen molar-refractivity contribution in [2.24, 2.45) is 0 Å². The van der Waals surface area contributed by atoms with Gasteiger partial charge < -0.3 is 15.2 Å². The van der Waals surface area contributed by atoms with Gasteiger partial charge in [-0.15, -0.1) is 0 Å². The minimum atomic E-state index is -0.329. The quantitative estimate of drug-likeness (QED) is 0.434. The largest absolute Gasteiger partial charge is 0.508 e. The third-order valence-electron chi connectivity index (χ3n) is 3.95. The number of nitrogens with one attached hydrogen (secondary N) is 2. The molecule has 0 saturated carbocycles. The Hall–Kier alpha value is -3.38. The zero-order chi connectivity index (χ0) is 19.8. The molecular formula is C22H20N2O3S. The van der Waals surface area contributed by atoms with Crippen LogP contribution in [0.25, 0.3) is 0 Å². The highest BCUT2D eigenvalue weighted by molar-refractivity contribution is 7.80. The number of thiocarbonyl (C=S) groups is 1. The number of ether oxygens (including phenoxy) is 1. The fraction of sp³-hybridized carbons (Fsp3) is 0.0909. The number of carbonyl (C=O) groups excluding carboxylic acids is 1. The van der Waals surface area contributed by atoms with E-state index < -0.39 is 0 Å². The minimum Gasteiger partial charge on any atom is -0.508 e. The van der Waals surface area contributed by atoms with E-state index >= 15 is 0 Å². The molecule has 0 unspecified atom stereocenters. The van der Waals surface area contributed by atoms with Gasteiger partial charge in [-0.25, -0.2) is 0 Å². The van der Waals surface area contributed by atoms with Crippen molar-refractivity contribution in [2.75, 3.05) is 11.9 Å². The molecule has 0 fully saturated rings. The second-order valence-electron chi connectivity index (χ2n) is 6.07. The maximum Gasteiger partial charge on any atom is 0.257 e. The van der Waals surface area contributed by atoms with Crippen LogP contribution in [0.1, 0.15) is 15.9 Å². The van der Waals surface area contributed by atoms with Crippen molar-refractivity contribution in [1.29, 1.82) is 0 Å². The van der Waals surface area contributed by atoms with E-state index in [1.165, 1.54) is 17.7 Å². The summed E-state index contributed by atoms with van der Waals surface area (Å²) in [6.45, 7) is 0.524. The maximum atomic E-state index is 12.4. The zero-order valence-corrected chi connectivity index (χ0v) is 15.9. The molecule has 3 aromatic carbocycles. The highest BCUT2D eigenvalue weighted by Crippen LogP contribution is 2.15. The van der Waals surface area contributed by atoms with Crippen molar-refractivity contribution in [2.45, 2.75) is 6.42 Å². The van der Waals surface area contributed by atoms with E-state index in [0.29, 0.717) is 23.6 Å². The molecule has 3 N–H and O–H groups in total. The van der Waals surface area contributed by atoms with Gasteiger partial charge in [-0.2, -0.15) is 0 Å². The predicted molar refractivity (Wildman–Crippen MR) is 114 cm³/mol. The van der Waals surface area contributed by atoms with Crippen molar-refractivity contribution < 1.29 is 14.6 Å². The molecule has 0 aromatic heterocycles. The van der Waals surface area contributed by atoms with E-state index in [0.717, 1.165) is 6.42 Å². The van der Waals surface area contributed by atoms with Crippen molar-refractivity contribution in [1.82, 2.24) is 5.32 Å². The van der Waals surface area contributed by atoms with Gasteiger partial charge in [-0.1, -0.05) is 36.4 Å². The van der Waals surface area contributed by atoms with Crippen LogP contribution in [0.15, 0.2) is 78.9 Å². The maximum absolute atomic E-state index is 12.4. The Labute approximate surface area is 169 Å². The molecule has 0 spiro atoms. The first-order valence-corrected chi connectivity index (χ1v) is 9.19. The summed E-state index contributed by atoms with van der Waals surface area (Å²) in [5.74, 6) is 0.454. The van der Waals surface area contributed by atoms with Crippen LogP contribution in [0.4, 0.5) is 5.69 Å². The van der Waals surface area contributed by atoms with Gasteiger partial charge in [0, 0.05) is 17.7 Å². The number of amides is 1. The number of rotatable bonds is 6. The number of hydrogen-bond donors (Lipinski definition) is 3. The number of anilines is 1. The molecule has 6 heteroatoms. The molecule has 0 saturated heterocycles. The third kappa shape index (κ3) is 5.82. The summed E-state index contributed by atoms with van der Waals surface area (Å²) in [4.78, 5) is 12.4. The highest BCUT2D eigenvalue weighted by Gasteiger charge is 2.09. The van der Waals surface area contributed by atoms with Gasteiger partial charge in [-0.05, 0) is 60.2 Å². The molecule has 3 aromatic rings. The van der Waals surface area contributed by atoms with Gasteiger partial charge in [0.25, 0.3) is 5.91 Å². The number of carbonyl (C=O) groups is 1. The number of aromatic hydroxyl groups is 1. The Morgan fingerprint density at radius 2 is 1.71 bits per heavy atom. The molecule has 0 heterocycles. The Kier molecular flexibility index (Phi) is 6.59. The van der Waals surface area contributed by atoms with Gasteiger partial charge in [0.05, 0.1) is 6.61 Å². The minimum absolute atomic E-state index is 0.157.